The van der Waals surface area contributed by atoms with E-state index >= 15 is 0 Å². The molecule has 3 N–H and O–H groups in total. The summed E-state index contributed by atoms with van der Waals surface area (Å²) in [5.74, 6) is 4.94. The van der Waals surface area contributed by atoms with E-state index in [1.54, 1.807) is 20.8 Å². The maximum absolute atomic E-state index is 11.6. The Bertz CT molecular complexity index is 516. The number of hydrogen-bond donors (Lipinski definition) is 2. The number of thioether (sulfide) groups is 1. The van der Waals surface area contributed by atoms with E-state index in [0.717, 1.165) is 11.8 Å². The fourth-order valence-electron chi connectivity index (χ4n) is 1.26. The van der Waals surface area contributed by atoms with Crippen molar-refractivity contribution < 1.29 is 14.5 Å². The van der Waals surface area contributed by atoms with Crippen LogP contribution in [0.5, 0.6) is 0 Å². The Morgan fingerprint density at radius 3 is 2.70 bits per heavy atom. The number of nitrogens with one attached hydrogen (secondary N) is 1. The zero-order valence-electron chi connectivity index (χ0n) is 11.4. The van der Waals surface area contributed by atoms with Crippen LogP contribution in [-0.2, 0) is 9.53 Å². The molecule has 1 aromatic rings. The zero-order chi connectivity index (χ0) is 15.3. The van der Waals surface area contributed by atoms with Gasteiger partial charge in [-0.2, -0.15) is 0 Å². The number of ether oxygens (including phenoxy) is 1. The van der Waals surface area contributed by atoms with Crippen LogP contribution >= 0.6 is 11.8 Å². The molecular weight excluding hydrogens is 284 g/mol. The number of anilines is 1. The summed E-state index contributed by atoms with van der Waals surface area (Å²) in [5.41, 5.74) is 1.51. The second kappa shape index (κ2) is 6.53. The van der Waals surface area contributed by atoms with Crippen LogP contribution in [0.1, 0.15) is 20.8 Å². The third-order valence-corrected chi connectivity index (χ3v) is 2.89. The largest absolute Gasteiger partial charge is 0.459 e. The third kappa shape index (κ3) is 5.02. The van der Waals surface area contributed by atoms with Gasteiger partial charge in [-0.25, -0.2) is 10.8 Å². The van der Waals surface area contributed by atoms with Crippen molar-refractivity contribution in [3.05, 3.63) is 22.2 Å². The molecule has 1 rings (SSSR count). The number of pyridine rings is 1. The number of carbonyl (C=O) groups excluding carboxylic acids is 1. The minimum absolute atomic E-state index is 0.0703. The average molecular weight is 300 g/mol. The smallest absolute Gasteiger partial charge is 0.316 e. The molecule has 0 saturated carbocycles. The SMILES string of the molecule is CC(C)(C)OC(=O)CSc1nc(NN)ccc1[N+](=O)[O-]. The average Bonchev–Trinajstić information content (AvgIpc) is 2.33. The molecule has 0 radical (unpaired) electrons. The van der Waals surface area contributed by atoms with Crippen LogP contribution in [0.4, 0.5) is 11.5 Å². The van der Waals surface area contributed by atoms with Crippen molar-refractivity contribution in [3.63, 3.8) is 0 Å². The second-order valence-corrected chi connectivity index (χ2v) is 5.76. The number of nitrogen functional groups attached to an aromatic ring is 1. The first-order chi connectivity index (χ1) is 9.23. The van der Waals surface area contributed by atoms with Crippen molar-refractivity contribution in [2.75, 3.05) is 11.2 Å². The highest BCUT2D eigenvalue weighted by Crippen LogP contribution is 2.28. The minimum Gasteiger partial charge on any atom is -0.459 e. The van der Waals surface area contributed by atoms with E-state index in [1.165, 1.54) is 12.1 Å². The number of nitro groups is 1. The molecule has 0 aliphatic heterocycles. The van der Waals surface area contributed by atoms with Gasteiger partial charge in [0, 0.05) is 6.07 Å². The Morgan fingerprint density at radius 2 is 2.20 bits per heavy atom. The number of nitrogens with zero attached hydrogens (tertiary/aromatic N) is 2. The number of rotatable bonds is 5. The lowest BCUT2D eigenvalue weighted by Gasteiger charge is -2.19. The van der Waals surface area contributed by atoms with Crippen molar-refractivity contribution in [1.29, 1.82) is 0 Å². The molecule has 1 heterocycles. The summed E-state index contributed by atoms with van der Waals surface area (Å²) < 4.78 is 5.12. The van der Waals surface area contributed by atoms with Crippen molar-refractivity contribution in [1.82, 2.24) is 4.98 Å². The molecule has 20 heavy (non-hydrogen) atoms. The van der Waals surface area contributed by atoms with E-state index in [4.69, 9.17) is 10.6 Å². The summed E-state index contributed by atoms with van der Waals surface area (Å²) >= 11 is 0.931. The van der Waals surface area contributed by atoms with Gasteiger partial charge in [0.25, 0.3) is 0 Å². The van der Waals surface area contributed by atoms with Crippen molar-refractivity contribution in [2.24, 2.45) is 5.84 Å². The van der Waals surface area contributed by atoms with Gasteiger partial charge in [0.15, 0.2) is 5.03 Å². The molecule has 1 aromatic heterocycles. The first kappa shape index (κ1) is 16.2. The first-order valence-corrected chi connectivity index (χ1v) is 6.68. The topological polar surface area (TPSA) is 120 Å². The highest BCUT2D eigenvalue weighted by molar-refractivity contribution is 8.00. The van der Waals surface area contributed by atoms with Crippen LogP contribution in [0.25, 0.3) is 0 Å². The zero-order valence-corrected chi connectivity index (χ0v) is 12.2. The third-order valence-electron chi connectivity index (χ3n) is 1.93. The molecular formula is C11H16N4O4S. The van der Waals surface area contributed by atoms with Gasteiger partial charge < -0.3 is 10.2 Å². The van der Waals surface area contributed by atoms with Crippen molar-refractivity contribution in [3.8, 4) is 0 Å². The highest BCUT2D eigenvalue weighted by Gasteiger charge is 2.20. The quantitative estimate of drug-likeness (QED) is 0.277. The molecule has 0 spiro atoms. The van der Waals surface area contributed by atoms with Gasteiger partial charge in [-0.3, -0.25) is 14.9 Å². The number of nitrogens with two attached hydrogens (primary N) is 1. The Morgan fingerprint density at radius 1 is 1.55 bits per heavy atom. The normalized spacial score (nSPS) is 11.0. The van der Waals surface area contributed by atoms with Gasteiger partial charge in [0.05, 0.1) is 10.7 Å². The molecule has 0 atom stereocenters. The van der Waals surface area contributed by atoms with Crippen LogP contribution in [0.3, 0.4) is 0 Å². The van der Waals surface area contributed by atoms with Crippen molar-refractivity contribution >= 4 is 29.2 Å². The lowest BCUT2D eigenvalue weighted by molar-refractivity contribution is -0.388. The summed E-state index contributed by atoms with van der Waals surface area (Å²) in [6.07, 6.45) is 0. The summed E-state index contributed by atoms with van der Waals surface area (Å²) in [5, 5.41) is 11.0. The lowest BCUT2D eigenvalue weighted by atomic mass is 10.2. The van der Waals surface area contributed by atoms with Crippen LogP contribution in [-0.4, -0.2) is 27.2 Å². The predicted molar refractivity (Wildman–Crippen MR) is 75.3 cm³/mol. The number of esters is 1. The van der Waals surface area contributed by atoms with Gasteiger partial charge in [-0.15, -0.1) is 0 Å². The molecule has 0 aromatic carbocycles. The second-order valence-electron chi connectivity index (χ2n) is 4.80. The number of carbonyl (C=O) groups is 1. The molecule has 0 fully saturated rings. The van der Waals surface area contributed by atoms with Crippen LogP contribution in [0.2, 0.25) is 0 Å². The van der Waals surface area contributed by atoms with Crippen LogP contribution in [0, 0.1) is 10.1 Å². The Labute approximate surface area is 120 Å². The standard InChI is InChI=1S/C11H16N4O4S/c1-11(2,3)19-9(16)6-20-10-7(15(17)18)4-5-8(13-10)14-12/h4-5H,6,12H2,1-3H3,(H,13,14). The van der Waals surface area contributed by atoms with E-state index in [1.807, 2.05) is 0 Å². The monoisotopic (exact) mass is 300 g/mol. The predicted octanol–water partition coefficient (Wildman–Crippen LogP) is 1.71. The molecule has 8 nitrogen and oxygen atoms in total. The number of hydrogen-bond acceptors (Lipinski definition) is 8. The maximum atomic E-state index is 11.6. The highest BCUT2D eigenvalue weighted by atomic mass is 32.2. The van der Waals surface area contributed by atoms with E-state index in [-0.39, 0.29) is 22.3 Å². The fourth-order valence-corrected chi connectivity index (χ4v) is 2.02. The molecule has 0 amide bonds. The minimum atomic E-state index is -0.600. The van der Waals surface area contributed by atoms with E-state index < -0.39 is 16.5 Å². The molecule has 0 aliphatic carbocycles. The molecule has 110 valence electrons. The van der Waals surface area contributed by atoms with E-state index in [0.29, 0.717) is 0 Å². The summed E-state index contributed by atoms with van der Waals surface area (Å²) in [6.45, 7) is 5.24. The van der Waals surface area contributed by atoms with Gasteiger partial charge in [0.2, 0.25) is 0 Å². The summed E-state index contributed by atoms with van der Waals surface area (Å²) in [4.78, 5) is 25.9. The van der Waals surface area contributed by atoms with Crippen molar-refractivity contribution in [2.45, 2.75) is 31.4 Å². The maximum Gasteiger partial charge on any atom is 0.316 e. The first-order valence-electron chi connectivity index (χ1n) is 5.69. The summed E-state index contributed by atoms with van der Waals surface area (Å²) in [7, 11) is 0. The van der Waals surface area contributed by atoms with E-state index in [9.17, 15) is 14.9 Å². The van der Waals surface area contributed by atoms with Crippen LogP contribution < -0.4 is 11.3 Å². The van der Waals surface area contributed by atoms with Gasteiger partial charge in [-0.05, 0) is 26.8 Å². The van der Waals surface area contributed by atoms with Crippen LogP contribution in [0.15, 0.2) is 17.2 Å². The Balaban J connectivity index is 2.80. The molecule has 0 aliphatic rings. The lowest BCUT2D eigenvalue weighted by Crippen LogP contribution is -2.25. The fraction of sp³-hybridized carbons (Fsp3) is 0.455. The van der Waals surface area contributed by atoms with Gasteiger partial charge in [0.1, 0.15) is 11.4 Å². The Hall–Kier alpha value is -1.87. The molecule has 0 unspecified atom stereocenters. The van der Waals surface area contributed by atoms with E-state index in [2.05, 4.69) is 10.4 Å². The molecule has 0 bridgehead atoms. The Kier molecular flexibility index (Phi) is 5.28. The summed E-state index contributed by atoms with van der Waals surface area (Å²) in [6, 6.07) is 2.66. The van der Waals surface area contributed by atoms with Gasteiger partial charge in [-0.1, -0.05) is 11.8 Å². The number of aromatic nitrogens is 1. The molecule has 0 saturated heterocycles. The number of hydrazine groups is 1. The molecule has 9 heteroatoms. The van der Waals surface area contributed by atoms with Gasteiger partial charge >= 0.3 is 11.7 Å².